The van der Waals surface area contributed by atoms with Crippen molar-refractivity contribution in [1.82, 2.24) is 5.32 Å². The van der Waals surface area contributed by atoms with Crippen LogP contribution in [0.1, 0.15) is 32.1 Å². The molecule has 0 radical (unpaired) electrons. The van der Waals surface area contributed by atoms with E-state index < -0.39 is 0 Å². The monoisotopic (exact) mass is 198 g/mol. The Morgan fingerprint density at radius 1 is 1.38 bits per heavy atom. The van der Waals surface area contributed by atoms with Gasteiger partial charge in [-0.3, -0.25) is 4.79 Å². The van der Waals surface area contributed by atoms with Gasteiger partial charge in [0.1, 0.15) is 5.54 Å². The van der Waals surface area contributed by atoms with Crippen LogP contribution in [0.15, 0.2) is 4.99 Å². The third-order valence-corrected chi connectivity index (χ3v) is 3.41. The van der Waals surface area contributed by atoms with Crippen LogP contribution >= 0.6 is 11.8 Å². The van der Waals surface area contributed by atoms with Gasteiger partial charge in [0.15, 0.2) is 5.17 Å². The summed E-state index contributed by atoms with van der Waals surface area (Å²) in [5, 5.41) is 3.64. The fourth-order valence-corrected chi connectivity index (χ4v) is 2.52. The summed E-state index contributed by atoms with van der Waals surface area (Å²) < 4.78 is 0. The molecule has 2 rings (SSSR count). The van der Waals surface area contributed by atoms with Crippen molar-refractivity contribution in [2.75, 3.05) is 6.26 Å². The zero-order chi connectivity index (χ0) is 9.31. The van der Waals surface area contributed by atoms with Crippen molar-refractivity contribution in [3.63, 3.8) is 0 Å². The summed E-state index contributed by atoms with van der Waals surface area (Å²) in [6, 6.07) is 0. The van der Waals surface area contributed by atoms with Crippen LogP contribution in [0.5, 0.6) is 0 Å². The molecule has 1 spiro atoms. The normalized spacial score (nSPS) is 25.9. The molecule has 13 heavy (non-hydrogen) atoms. The van der Waals surface area contributed by atoms with Gasteiger partial charge in [-0.25, -0.2) is 4.99 Å². The van der Waals surface area contributed by atoms with Crippen molar-refractivity contribution in [2.24, 2.45) is 4.99 Å². The molecule has 0 aromatic carbocycles. The maximum absolute atomic E-state index is 11.7. The van der Waals surface area contributed by atoms with Gasteiger partial charge in [0.2, 0.25) is 0 Å². The minimum atomic E-state index is -0.378. The lowest BCUT2D eigenvalue weighted by molar-refractivity contribution is -0.124. The third kappa shape index (κ3) is 1.47. The summed E-state index contributed by atoms with van der Waals surface area (Å²) in [6.07, 6.45) is 7.34. The van der Waals surface area contributed by atoms with Gasteiger partial charge in [0.05, 0.1) is 0 Å². The highest BCUT2D eigenvalue weighted by Gasteiger charge is 2.43. The van der Waals surface area contributed by atoms with Gasteiger partial charge in [-0.15, -0.1) is 0 Å². The maximum atomic E-state index is 11.7. The predicted molar refractivity (Wildman–Crippen MR) is 54.9 cm³/mol. The molecular weight excluding hydrogens is 184 g/mol. The maximum Gasteiger partial charge on any atom is 0.253 e. The number of amides is 1. The molecule has 0 atom stereocenters. The molecule has 0 aromatic heterocycles. The first-order chi connectivity index (χ1) is 6.27. The summed E-state index contributed by atoms with van der Waals surface area (Å²) in [6.45, 7) is 0. The van der Waals surface area contributed by atoms with Crippen LogP contribution < -0.4 is 5.32 Å². The smallest absolute Gasteiger partial charge is 0.253 e. The zero-order valence-corrected chi connectivity index (χ0v) is 8.62. The quantitative estimate of drug-likeness (QED) is 0.641. The van der Waals surface area contributed by atoms with Gasteiger partial charge in [0.25, 0.3) is 5.91 Å². The molecule has 1 N–H and O–H groups in total. The van der Waals surface area contributed by atoms with E-state index in [1.54, 1.807) is 0 Å². The van der Waals surface area contributed by atoms with Gasteiger partial charge < -0.3 is 5.32 Å². The molecule has 0 aromatic rings. The molecule has 2 aliphatic rings. The highest BCUT2D eigenvalue weighted by molar-refractivity contribution is 8.13. The molecule has 3 nitrogen and oxygen atoms in total. The number of thioether (sulfide) groups is 1. The first kappa shape index (κ1) is 9.06. The van der Waals surface area contributed by atoms with Crippen LogP contribution in [0.2, 0.25) is 0 Å². The lowest BCUT2D eigenvalue weighted by Crippen LogP contribution is -2.40. The molecule has 4 heteroatoms. The largest absolute Gasteiger partial charge is 0.303 e. The highest BCUT2D eigenvalue weighted by atomic mass is 32.2. The first-order valence-corrected chi connectivity index (χ1v) is 5.95. The molecule has 1 saturated carbocycles. The molecule has 0 bridgehead atoms. The Labute approximate surface area is 82.4 Å². The SMILES string of the molecule is CSC1=NC2(CCCCC2)C(=O)N1. The van der Waals surface area contributed by atoms with Crippen molar-refractivity contribution in [2.45, 2.75) is 37.6 Å². The second kappa shape index (κ2) is 3.33. The van der Waals surface area contributed by atoms with Crippen LogP contribution in [-0.2, 0) is 4.79 Å². The Balaban J connectivity index is 2.20. The number of rotatable bonds is 0. The van der Waals surface area contributed by atoms with E-state index in [1.807, 2.05) is 6.26 Å². The summed E-state index contributed by atoms with van der Waals surface area (Å²) in [7, 11) is 0. The van der Waals surface area contributed by atoms with E-state index in [2.05, 4.69) is 10.3 Å². The van der Waals surface area contributed by atoms with Crippen molar-refractivity contribution >= 4 is 22.8 Å². The van der Waals surface area contributed by atoms with E-state index >= 15 is 0 Å². The van der Waals surface area contributed by atoms with Crippen molar-refractivity contribution < 1.29 is 4.79 Å². The van der Waals surface area contributed by atoms with Crippen LogP contribution in [-0.4, -0.2) is 22.9 Å². The van der Waals surface area contributed by atoms with E-state index in [-0.39, 0.29) is 11.4 Å². The fourth-order valence-electron chi connectivity index (χ4n) is 2.06. The average Bonchev–Trinajstić information content (AvgIpc) is 2.45. The van der Waals surface area contributed by atoms with Gasteiger partial charge in [-0.2, -0.15) is 0 Å². The Hall–Kier alpha value is -0.510. The first-order valence-electron chi connectivity index (χ1n) is 4.72. The van der Waals surface area contributed by atoms with Crippen LogP contribution in [0.3, 0.4) is 0 Å². The van der Waals surface area contributed by atoms with E-state index in [0.717, 1.165) is 30.9 Å². The highest BCUT2D eigenvalue weighted by Crippen LogP contribution is 2.35. The number of hydrogen-bond acceptors (Lipinski definition) is 3. The van der Waals surface area contributed by atoms with E-state index in [4.69, 9.17) is 0 Å². The lowest BCUT2D eigenvalue weighted by atomic mass is 9.82. The van der Waals surface area contributed by atoms with Crippen LogP contribution in [0, 0.1) is 0 Å². The summed E-state index contributed by atoms with van der Waals surface area (Å²) in [5.41, 5.74) is -0.378. The number of nitrogens with one attached hydrogen (secondary N) is 1. The molecular formula is C9H14N2OS. The zero-order valence-electron chi connectivity index (χ0n) is 7.80. The Morgan fingerprint density at radius 2 is 2.08 bits per heavy atom. The molecule has 1 aliphatic carbocycles. The topological polar surface area (TPSA) is 41.5 Å². The minimum Gasteiger partial charge on any atom is -0.303 e. The number of amidine groups is 1. The van der Waals surface area contributed by atoms with Crippen LogP contribution in [0.4, 0.5) is 0 Å². The molecule has 1 heterocycles. The molecule has 0 unspecified atom stereocenters. The summed E-state index contributed by atoms with van der Waals surface area (Å²) in [5.74, 6) is 0.122. The van der Waals surface area contributed by atoms with Gasteiger partial charge in [0, 0.05) is 0 Å². The molecule has 1 amide bonds. The summed E-state index contributed by atoms with van der Waals surface area (Å²) in [4.78, 5) is 16.2. The standard InChI is InChI=1S/C9H14N2OS/c1-13-8-10-7(12)9(11-8)5-3-2-4-6-9/h2-6H2,1H3,(H,10,11,12). The van der Waals surface area contributed by atoms with E-state index in [1.165, 1.54) is 18.2 Å². The average molecular weight is 198 g/mol. The number of nitrogens with zero attached hydrogens (tertiary/aromatic N) is 1. The summed E-state index contributed by atoms with van der Waals surface area (Å²) >= 11 is 1.52. The van der Waals surface area contributed by atoms with Crippen molar-refractivity contribution in [3.05, 3.63) is 0 Å². The number of carbonyl (C=O) groups is 1. The minimum absolute atomic E-state index is 0.122. The number of carbonyl (C=O) groups excluding carboxylic acids is 1. The fraction of sp³-hybridized carbons (Fsp3) is 0.778. The Morgan fingerprint density at radius 3 is 2.62 bits per heavy atom. The van der Waals surface area contributed by atoms with Gasteiger partial charge in [-0.1, -0.05) is 31.0 Å². The Bertz CT molecular complexity index is 256. The van der Waals surface area contributed by atoms with Crippen molar-refractivity contribution in [3.8, 4) is 0 Å². The Kier molecular flexibility index (Phi) is 2.32. The van der Waals surface area contributed by atoms with Gasteiger partial charge >= 0.3 is 0 Å². The molecule has 0 saturated heterocycles. The number of hydrogen-bond donors (Lipinski definition) is 1. The van der Waals surface area contributed by atoms with Gasteiger partial charge in [-0.05, 0) is 19.1 Å². The molecule has 72 valence electrons. The van der Waals surface area contributed by atoms with E-state index in [0.29, 0.717) is 0 Å². The molecule has 1 fully saturated rings. The van der Waals surface area contributed by atoms with Crippen molar-refractivity contribution in [1.29, 1.82) is 0 Å². The molecule has 1 aliphatic heterocycles. The lowest BCUT2D eigenvalue weighted by Gasteiger charge is -2.27. The predicted octanol–water partition coefficient (Wildman–Crippen LogP) is 1.54. The third-order valence-electron chi connectivity index (χ3n) is 2.83. The number of aliphatic imine (C=N–C) groups is 1. The van der Waals surface area contributed by atoms with Crippen LogP contribution in [0.25, 0.3) is 0 Å². The second-order valence-electron chi connectivity index (χ2n) is 3.67. The van der Waals surface area contributed by atoms with E-state index in [9.17, 15) is 4.79 Å². The second-order valence-corrected chi connectivity index (χ2v) is 4.46.